The predicted octanol–water partition coefficient (Wildman–Crippen LogP) is 1.90. The van der Waals surface area contributed by atoms with Crippen molar-refractivity contribution in [3.8, 4) is 0 Å². The Bertz CT molecular complexity index is 494. The van der Waals surface area contributed by atoms with Gasteiger partial charge in [0, 0.05) is 6.07 Å². The largest absolute Gasteiger partial charge is 0.360 e. The van der Waals surface area contributed by atoms with Crippen molar-refractivity contribution in [2.45, 2.75) is 12.8 Å². The first-order valence-electron chi connectivity index (χ1n) is 4.39. The Morgan fingerprint density at radius 1 is 1.50 bits per heavy atom. The van der Waals surface area contributed by atoms with Crippen LogP contribution in [0.1, 0.15) is 10.6 Å². The second-order valence-corrected chi connectivity index (χ2v) is 4.94. The molecule has 0 aliphatic carbocycles. The maximum atomic E-state index is 9.78. The molecule has 7 heteroatoms. The lowest BCUT2D eigenvalue weighted by molar-refractivity contribution is -0.141. The fraction of sp³-hybridized carbons (Fsp3) is 0.222. The van der Waals surface area contributed by atoms with Crippen molar-refractivity contribution in [3.05, 3.63) is 33.2 Å². The summed E-state index contributed by atoms with van der Waals surface area (Å²) >= 11 is 6.77. The topological polar surface area (TPSA) is 78.5 Å². The second-order valence-electron chi connectivity index (χ2n) is 3.22. The van der Waals surface area contributed by atoms with Gasteiger partial charge in [-0.05, 0) is 19.1 Å². The van der Waals surface area contributed by atoms with Gasteiger partial charge in [-0.2, -0.15) is 0 Å². The van der Waals surface area contributed by atoms with Crippen LogP contribution in [0.5, 0.6) is 0 Å². The van der Waals surface area contributed by atoms with Gasteiger partial charge in [-0.25, -0.2) is 0 Å². The number of aryl methyl sites for hydroxylation is 1. The standard InChI is InChI=1S/C9H9ClN2O3S/c1-5-4-8(12-15-5)11-9(13,14)6-2-3-7(10)16-6/h2-4,13-14H,1H3,(H,11,12). The summed E-state index contributed by atoms with van der Waals surface area (Å²) in [6, 6.07) is 4.65. The molecule has 2 aromatic rings. The molecule has 0 bridgehead atoms. The van der Waals surface area contributed by atoms with Crippen LogP contribution in [0.25, 0.3) is 0 Å². The number of nitrogens with one attached hydrogen (secondary N) is 1. The molecule has 0 saturated heterocycles. The van der Waals surface area contributed by atoms with Gasteiger partial charge in [0.25, 0.3) is 5.91 Å². The van der Waals surface area contributed by atoms with Gasteiger partial charge in [-0.15, -0.1) is 11.3 Å². The van der Waals surface area contributed by atoms with Crippen LogP contribution < -0.4 is 5.32 Å². The Labute approximate surface area is 100 Å². The predicted molar refractivity (Wildman–Crippen MR) is 60.3 cm³/mol. The summed E-state index contributed by atoms with van der Waals surface area (Å²) in [5.74, 6) is -1.39. The maximum absolute atomic E-state index is 9.78. The summed E-state index contributed by atoms with van der Waals surface area (Å²) in [5, 5.41) is 25.6. The molecule has 0 saturated carbocycles. The van der Waals surface area contributed by atoms with Gasteiger partial charge >= 0.3 is 0 Å². The highest BCUT2D eigenvalue weighted by Crippen LogP contribution is 2.30. The monoisotopic (exact) mass is 260 g/mol. The number of rotatable bonds is 3. The summed E-state index contributed by atoms with van der Waals surface area (Å²) < 4.78 is 5.27. The molecule has 0 aliphatic rings. The van der Waals surface area contributed by atoms with E-state index in [1.54, 1.807) is 19.1 Å². The van der Waals surface area contributed by atoms with Crippen molar-refractivity contribution < 1.29 is 14.7 Å². The van der Waals surface area contributed by atoms with Crippen molar-refractivity contribution in [2.24, 2.45) is 0 Å². The molecule has 2 heterocycles. The van der Waals surface area contributed by atoms with E-state index in [0.717, 1.165) is 11.3 Å². The highest BCUT2D eigenvalue weighted by Gasteiger charge is 2.28. The van der Waals surface area contributed by atoms with E-state index in [9.17, 15) is 10.2 Å². The van der Waals surface area contributed by atoms with Crippen molar-refractivity contribution in [1.29, 1.82) is 0 Å². The van der Waals surface area contributed by atoms with Crippen molar-refractivity contribution in [2.75, 3.05) is 5.32 Å². The van der Waals surface area contributed by atoms with Gasteiger partial charge in [0.05, 0.1) is 9.21 Å². The number of aromatic nitrogens is 1. The Morgan fingerprint density at radius 2 is 2.25 bits per heavy atom. The molecule has 0 fully saturated rings. The lowest BCUT2D eigenvalue weighted by Gasteiger charge is -2.20. The molecule has 86 valence electrons. The fourth-order valence-corrected chi connectivity index (χ4v) is 2.16. The van der Waals surface area contributed by atoms with E-state index < -0.39 is 5.91 Å². The summed E-state index contributed by atoms with van der Waals surface area (Å²) in [7, 11) is 0. The zero-order valence-corrected chi connectivity index (χ0v) is 9.84. The first-order chi connectivity index (χ1) is 7.47. The number of hydrogen-bond donors (Lipinski definition) is 3. The Morgan fingerprint density at radius 3 is 2.75 bits per heavy atom. The van der Waals surface area contributed by atoms with Crippen LogP contribution in [0.3, 0.4) is 0 Å². The van der Waals surface area contributed by atoms with Crippen LogP contribution in [0.2, 0.25) is 4.34 Å². The molecule has 0 aliphatic heterocycles. The zero-order chi connectivity index (χ0) is 11.8. The number of aliphatic hydroxyl groups is 2. The van der Waals surface area contributed by atoms with Crippen molar-refractivity contribution >= 4 is 28.8 Å². The highest BCUT2D eigenvalue weighted by molar-refractivity contribution is 7.16. The SMILES string of the molecule is Cc1cc(NC(O)(O)c2ccc(Cl)s2)no1. The number of hydrogen-bond acceptors (Lipinski definition) is 6. The van der Waals surface area contributed by atoms with Gasteiger partial charge in [0.1, 0.15) is 5.76 Å². The van der Waals surface area contributed by atoms with Gasteiger partial charge in [-0.3, -0.25) is 0 Å². The summed E-state index contributed by atoms with van der Waals surface area (Å²) in [5.41, 5.74) is 0. The number of thiophene rings is 1. The molecule has 0 radical (unpaired) electrons. The first-order valence-corrected chi connectivity index (χ1v) is 5.59. The lowest BCUT2D eigenvalue weighted by atomic mass is 10.3. The van der Waals surface area contributed by atoms with Gasteiger partial charge in [0.2, 0.25) is 0 Å². The molecule has 3 N–H and O–H groups in total. The average molecular weight is 261 g/mol. The van der Waals surface area contributed by atoms with Crippen LogP contribution in [0, 0.1) is 6.92 Å². The van der Waals surface area contributed by atoms with E-state index >= 15 is 0 Å². The van der Waals surface area contributed by atoms with Crippen molar-refractivity contribution in [1.82, 2.24) is 5.16 Å². The highest BCUT2D eigenvalue weighted by atomic mass is 35.5. The van der Waals surface area contributed by atoms with Crippen LogP contribution in [0.15, 0.2) is 22.7 Å². The molecule has 0 unspecified atom stereocenters. The van der Waals surface area contributed by atoms with E-state index in [-0.39, 0.29) is 10.7 Å². The minimum Gasteiger partial charge on any atom is -0.360 e. The maximum Gasteiger partial charge on any atom is 0.283 e. The van der Waals surface area contributed by atoms with Gasteiger partial charge in [0.15, 0.2) is 5.82 Å². The van der Waals surface area contributed by atoms with E-state index in [1.165, 1.54) is 6.07 Å². The third-order valence-electron chi connectivity index (χ3n) is 1.85. The third kappa shape index (κ3) is 2.35. The zero-order valence-electron chi connectivity index (χ0n) is 8.27. The molecular formula is C9H9ClN2O3S. The second kappa shape index (κ2) is 4.06. The molecule has 0 atom stereocenters. The Hall–Kier alpha value is -1.08. The van der Waals surface area contributed by atoms with Crippen LogP contribution in [-0.4, -0.2) is 15.4 Å². The van der Waals surface area contributed by atoms with E-state index in [4.69, 9.17) is 16.1 Å². The normalized spacial score (nSPS) is 11.8. The van der Waals surface area contributed by atoms with E-state index in [0.29, 0.717) is 10.1 Å². The van der Waals surface area contributed by atoms with E-state index in [2.05, 4.69) is 10.5 Å². The minimum absolute atomic E-state index is 0.243. The van der Waals surface area contributed by atoms with Gasteiger partial charge < -0.3 is 20.1 Å². The Balaban J connectivity index is 2.19. The molecule has 0 aromatic carbocycles. The summed E-state index contributed by atoms with van der Waals surface area (Å²) in [6.07, 6.45) is 0. The lowest BCUT2D eigenvalue weighted by Crippen LogP contribution is -2.33. The molecule has 5 nitrogen and oxygen atoms in total. The molecular weight excluding hydrogens is 252 g/mol. The van der Waals surface area contributed by atoms with E-state index in [1.807, 2.05) is 0 Å². The third-order valence-corrected chi connectivity index (χ3v) is 3.18. The van der Waals surface area contributed by atoms with Crippen LogP contribution in [0.4, 0.5) is 5.82 Å². The van der Waals surface area contributed by atoms with Gasteiger partial charge in [-0.1, -0.05) is 16.8 Å². The van der Waals surface area contributed by atoms with Crippen LogP contribution >= 0.6 is 22.9 Å². The minimum atomic E-state index is -2.21. The Kier molecular flexibility index (Phi) is 2.90. The average Bonchev–Trinajstić information content (AvgIpc) is 2.75. The number of nitrogens with zero attached hydrogens (tertiary/aromatic N) is 1. The smallest absolute Gasteiger partial charge is 0.283 e. The summed E-state index contributed by atoms with van der Waals surface area (Å²) in [4.78, 5) is 0.276. The molecule has 2 rings (SSSR count). The quantitative estimate of drug-likeness (QED) is 0.735. The number of halogens is 1. The summed E-state index contributed by atoms with van der Waals surface area (Å²) in [6.45, 7) is 1.70. The molecule has 2 aromatic heterocycles. The molecule has 0 amide bonds. The molecule has 16 heavy (non-hydrogen) atoms. The first kappa shape index (κ1) is 11.4. The van der Waals surface area contributed by atoms with Crippen LogP contribution in [-0.2, 0) is 5.91 Å². The fourth-order valence-electron chi connectivity index (χ4n) is 1.17. The number of anilines is 1. The molecule has 0 spiro atoms. The van der Waals surface area contributed by atoms with Crippen molar-refractivity contribution in [3.63, 3.8) is 0 Å².